The lowest BCUT2D eigenvalue weighted by molar-refractivity contribution is 0.107. The minimum Gasteiger partial charge on any atom is -0.447 e. The van der Waals surface area contributed by atoms with Crippen LogP contribution in [0.5, 0.6) is 0 Å². The third-order valence-corrected chi connectivity index (χ3v) is 7.10. The van der Waals surface area contributed by atoms with Crippen LogP contribution in [0.4, 0.5) is 10.6 Å². The monoisotopic (exact) mass is 608 g/mol. The summed E-state index contributed by atoms with van der Waals surface area (Å²) in [6, 6.07) is 9.60. The molecular formula is C26H22Cl2N10O4. The molecule has 14 nitrogen and oxygen atoms in total. The Hall–Kier alpha value is -4.66. The molecule has 0 saturated heterocycles. The van der Waals surface area contributed by atoms with E-state index in [2.05, 4.69) is 30.8 Å². The number of pyridine rings is 1. The van der Waals surface area contributed by atoms with E-state index in [-0.39, 0.29) is 12.2 Å². The summed E-state index contributed by atoms with van der Waals surface area (Å²) in [5.41, 5.74) is 2.55. The molecule has 5 aromatic rings. The molecule has 1 amide bonds. The minimum absolute atomic E-state index is 0.124. The van der Waals surface area contributed by atoms with Gasteiger partial charge < -0.3 is 14.5 Å². The van der Waals surface area contributed by atoms with E-state index in [1.54, 1.807) is 34.9 Å². The Morgan fingerprint density at radius 2 is 2.05 bits per heavy atom. The number of halogens is 2. The van der Waals surface area contributed by atoms with Gasteiger partial charge in [0.2, 0.25) is 0 Å². The van der Waals surface area contributed by atoms with Crippen LogP contribution in [0.15, 0.2) is 53.7 Å². The van der Waals surface area contributed by atoms with Crippen molar-refractivity contribution in [2.45, 2.75) is 18.9 Å². The molecule has 2 N–H and O–H groups in total. The molecule has 0 unspecified atom stereocenters. The van der Waals surface area contributed by atoms with Gasteiger partial charge in [-0.15, -0.1) is 5.10 Å². The van der Waals surface area contributed by atoms with Gasteiger partial charge in [0.1, 0.15) is 41.2 Å². The number of hydrogen-bond donors (Lipinski definition) is 2. The standard InChI is InChI=1S/C26H22Cl2N10O4/c1-41-8-9-42-26(40)32-20-6-2-14(12-29-20)23-24(28)34-25(33-23)19-5-7-21-31-17(11-22(39)38(19)21)16-10-15(27)3-4-18(16)37-13-30-35-36-37/h2-4,6,10-13,19H,5,7-9H2,1H3,(H,33,34)(H,29,32,40)/t19-/m0/s1. The van der Waals surface area contributed by atoms with Crippen molar-refractivity contribution in [1.29, 1.82) is 0 Å². The molecule has 16 heteroatoms. The molecule has 0 bridgehead atoms. The zero-order chi connectivity index (χ0) is 29.2. The van der Waals surface area contributed by atoms with Crippen molar-refractivity contribution in [2.75, 3.05) is 25.6 Å². The highest BCUT2D eigenvalue weighted by atomic mass is 35.5. The average Bonchev–Trinajstić information content (AvgIpc) is 3.74. The number of hydrogen-bond acceptors (Lipinski definition) is 10. The highest BCUT2D eigenvalue weighted by Gasteiger charge is 2.30. The number of aromatic nitrogens is 9. The fourth-order valence-corrected chi connectivity index (χ4v) is 5.13. The number of methoxy groups -OCH3 is 1. The summed E-state index contributed by atoms with van der Waals surface area (Å²) >= 11 is 12.8. The van der Waals surface area contributed by atoms with Crippen molar-refractivity contribution in [3.8, 4) is 28.2 Å². The summed E-state index contributed by atoms with van der Waals surface area (Å²) in [7, 11) is 1.52. The van der Waals surface area contributed by atoms with Crippen molar-refractivity contribution in [3.05, 3.63) is 81.1 Å². The van der Waals surface area contributed by atoms with E-state index < -0.39 is 12.1 Å². The lowest BCUT2D eigenvalue weighted by atomic mass is 10.1. The molecule has 214 valence electrons. The molecule has 0 radical (unpaired) electrons. The van der Waals surface area contributed by atoms with E-state index in [0.29, 0.717) is 75.3 Å². The van der Waals surface area contributed by atoms with Gasteiger partial charge in [0.05, 0.1) is 24.0 Å². The maximum absolute atomic E-state index is 13.4. The van der Waals surface area contributed by atoms with Crippen LogP contribution in [0.2, 0.25) is 10.2 Å². The van der Waals surface area contributed by atoms with E-state index in [1.807, 2.05) is 0 Å². The number of aryl methyl sites for hydroxylation is 1. The quantitative estimate of drug-likeness (QED) is 0.248. The molecule has 0 saturated carbocycles. The maximum Gasteiger partial charge on any atom is 0.412 e. The topological polar surface area (TPSA) is 168 Å². The number of H-pyrrole nitrogens is 1. The van der Waals surface area contributed by atoms with Crippen molar-refractivity contribution < 1.29 is 14.3 Å². The van der Waals surface area contributed by atoms with E-state index in [0.717, 1.165) is 0 Å². The molecule has 0 fully saturated rings. The van der Waals surface area contributed by atoms with Crippen LogP contribution in [0.3, 0.4) is 0 Å². The van der Waals surface area contributed by atoms with Crippen LogP contribution in [-0.2, 0) is 15.9 Å². The first kappa shape index (κ1) is 27.5. The fourth-order valence-electron chi connectivity index (χ4n) is 4.71. The summed E-state index contributed by atoms with van der Waals surface area (Å²) in [6.45, 7) is 0.415. The van der Waals surface area contributed by atoms with Crippen molar-refractivity contribution >= 4 is 35.1 Å². The highest BCUT2D eigenvalue weighted by Crippen LogP contribution is 2.34. The van der Waals surface area contributed by atoms with Crippen molar-refractivity contribution in [2.24, 2.45) is 0 Å². The lowest BCUT2D eigenvalue weighted by Gasteiger charge is -2.14. The molecule has 1 atom stereocenters. The number of ether oxygens (including phenoxy) is 2. The molecule has 4 aromatic heterocycles. The zero-order valence-electron chi connectivity index (χ0n) is 22.0. The Labute approximate surface area is 247 Å². The molecule has 42 heavy (non-hydrogen) atoms. The van der Waals surface area contributed by atoms with Crippen LogP contribution in [0.1, 0.15) is 24.1 Å². The smallest absolute Gasteiger partial charge is 0.412 e. The normalized spacial score (nSPS) is 14.1. The second kappa shape index (κ2) is 11.7. The fraction of sp³-hybridized carbons (Fsp3) is 0.231. The minimum atomic E-state index is -0.642. The second-order valence-corrected chi connectivity index (χ2v) is 10.0. The van der Waals surface area contributed by atoms with Crippen molar-refractivity contribution in [3.63, 3.8) is 0 Å². The number of nitrogens with one attached hydrogen (secondary N) is 2. The molecule has 1 aliphatic heterocycles. The number of rotatable bonds is 8. The summed E-state index contributed by atoms with van der Waals surface area (Å²) < 4.78 is 12.9. The first-order valence-corrected chi connectivity index (χ1v) is 13.5. The predicted molar refractivity (Wildman–Crippen MR) is 152 cm³/mol. The number of imidazole rings is 1. The largest absolute Gasteiger partial charge is 0.447 e. The van der Waals surface area contributed by atoms with Crippen LogP contribution < -0.4 is 10.9 Å². The summed E-state index contributed by atoms with van der Waals surface area (Å²) in [5, 5.41) is 14.7. The molecule has 1 aliphatic rings. The number of amides is 1. The number of fused-ring (bicyclic) bond motifs is 1. The van der Waals surface area contributed by atoms with E-state index in [4.69, 9.17) is 42.6 Å². The third kappa shape index (κ3) is 5.46. The Bertz CT molecular complexity index is 1810. The predicted octanol–water partition coefficient (Wildman–Crippen LogP) is 3.71. The molecule has 5 heterocycles. The summed E-state index contributed by atoms with van der Waals surface area (Å²) in [4.78, 5) is 42.1. The average molecular weight is 609 g/mol. The Balaban J connectivity index is 1.25. The number of carbonyl (C=O) groups excluding carboxylic acids is 1. The Morgan fingerprint density at radius 3 is 2.81 bits per heavy atom. The molecule has 0 aliphatic carbocycles. The van der Waals surface area contributed by atoms with Gasteiger partial charge in [-0.3, -0.25) is 14.7 Å². The Morgan fingerprint density at radius 1 is 1.17 bits per heavy atom. The zero-order valence-corrected chi connectivity index (χ0v) is 23.5. The lowest BCUT2D eigenvalue weighted by Crippen LogP contribution is -2.25. The van der Waals surface area contributed by atoms with Gasteiger partial charge in [-0.2, -0.15) is 4.68 Å². The van der Waals surface area contributed by atoms with E-state index in [9.17, 15) is 9.59 Å². The summed E-state index contributed by atoms with van der Waals surface area (Å²) in [5.74, 6) is 1.43. The van der Waals surface area contributed by atoms with Gasteiger partial charge in [0.25, 0.3) is 5.56 Å². The third-order valence-electron chi connectivity index (χ3n) is 6.59. The van der Waals surface area contributed by atoms with Gasteiger partial charge >= 0.3 is 6.09 Å². The second-order valence-electron chi connectivity index (χ2n) is 9.21. The molecular weight excluding hydrogens is 587 g/mol. The van der Waals surface area contributed by atoms with Gasteiger partial charge in [0.15, 0.2) is 0 Å². The Kier molecular flexibility index (Phi) is 7.65. The van der Waals surface area contributed by atoms with Crippen molar-refractivity contribution in [1.82, 2.24) is 44.7 Å². The number of nitrogens with zero attached hydrogens (tertiary/aromatic N) is 8. The highest BCUT2D eigenvalue weighted by molar-refractivity contribution is 6.32. The first-order valence-electron chi connectivity index (χ1n) is 12.7. The molecule has 1 aromatic carbocycles. The summed E-state index contributed by atoms with van der Waals surface area (Å²) in [6.07, 6.45) is 3.49. The van der Waals surface area contributed by atoms with Crippen LogP contribution in [0.25, 0.3) is 28.2 Å². The number of aromatic amines is 1. The van der Waals surface area contributed by atoms with Crippen LogP contribution in [0, 0.1) is 0 Å². The number of anilines is 1. The molecule has 6 rings (SSSR count). The van der Waals surface area contributed by atoms with Crippen LogP contribution >= 0.6 is 23.2 Å². The van der Waals surface area contributed by atoms with Gasteiger partial charge in [-0.05, 0) is 47.2 Å². The van der Waals surface area contributed by atoms with E-state index >= 15 is 0 Å². The first-order chi connectivity index (χ1) is 20.4. The number of benzene rings is 1. The number of tetrazole rings is 1. The SMILES string of the molecule is COCCOC(=O)Nc1ccc(-c2nc([C@@H]3CCc4nc(-c5cc(Cl)ccc5-n5cnnn5)cc(=O)n43)[nH]c2Cl)cn1. The van der Waals surface area contributed by atoms with E-state index in [1.165, 1.54) is 30.4 Å². The number of carbonyl (C=O) groups is 1. The molecule has 0 spiro atoms. The maximum atomic E-state index is 13.4. The van der Waals surface area contributed by atoms with Gasteiger partial charge in [0, 0.05) is 41.9 Å². The van der Waals surface area contributed by atoms with Gasteiger partial charge in [-0.25, -0.2) is 19.7 Å². The van der Waals surface area contributed by atoms with Gasteiger partial charge in [-0.1, -0.05) is 23.2 Å². The van der Waals surface area contributed by atoms with Crippen LogP contribution in [-0.4, -0.2) is 71.1 Å².